The fourth-order valence-corrected chi connectivity index (χ4v) is 3.35. The lowest BCUT2D eigenvalue weighted by Gasteiger charge is -2.35. The summed E-state index contributed by atoms with van der Waals surface area (Å²) in [5, 5.41) is 15.2. The summed E-state index contributed by atoms with van der Waals surface area (Å²) in [4.78, 5) is 17.3. The van der Waals surface area contributed by atoms with Crippen molar-refractivity contribution in [3.8, 4) is 0 Å². The van der Waals surface area contributed by atoms with Crippen molar-refractivity contribution < 1.29 is 9.90 Å². The Balaban J connectivity index is 1.37. The van der Waals surface area contributed by atoms with Gasteiger partial charge in [0, 0.05) is 43.6 Å². The number of hydrogen-bond acceptors (Lipinski definition) is 5. The van der Waals surface area contributed by atoms with Gasteiger partial charge in [0.15, 0.2) is 0 Å². The van der Waals surface area contributed by atoms with Crippen molar-refractivity contribution >= 4 is 17.2 Å². The van der Waals surface area contributed by atoms with Crippen molar-refractivity contribution in [1.29, 1.82) is 0 Å². The van der Waals surface area contributed by atoms with Gasteiger partial charge in [-0.1, -0.05) is 6.07 Å². The van der Waals surface area contributed by atoms with E-state index in [1.54, 1.807) is 11.3 Å². The Bertz CT molecular complexity index is 453. The molecule has 5 nitrogen and oxygen atoms in total. The highest BCUT2D eigenvalue weighted by Crippen LogP contribution is 2.20. The van der Waals surface area contributed by atoms with Crippen molar-refractivity contribution in [2.45, 2.75) is 25.0 Å². The fraction of sp³-hybridized carbons (Fsp3) is 0.667. The Morgan fingerprint density at radius 1 is 1.33 bits per heavy atom. The maximum atomic E-state index is 11.8. The monoisotopic (exact) mass is 309 g/mol. The second-order valence-electron chi connectivity index (χ2n) is 5.95. The quantitative estimate of drug-likeness (QED) is 0.811. The minimum absolute atomic E-state index is 0.157. The van der Waals surface area contributed by atoms with E-state index in [0.717, 1.165) is 43.9 Å². The first-order chi connectivity index (χ1) is 10.2. The molecule has 0 spiro atoms. The van der Waals surface area contributed by atoms with E-state index in [1.807, 2.05) is 17.5 Å². The van der Waals surface area contributed by atoms with Crippen LogP contribution in [0.25, 0.3) is 0 Å². The summed E-state index contributed by atoms with van der Waals surface area (Å²) in [6, 6.07) is 4.40. The summed E-state index contributed by atoms with van der Waals surface area (Å²) in [5.41, 5.74) is 0. The maximum Gasteiger partial charge on any atom is 0.234 e. The lowest BCUT2D eigenvalue weighted by molar-refractivity contribution is -0.122. The fourth-order valence-electron chi connectivity index (χ4n) is 2.65. The second kappa shape index (κ2) is 6.87. The van der Waals surface area contributed by atoms with Gasteiger partial charge in [0.2, 0.25) is 5.91 Å². The van der Waals surface area contributed by atoms with E-state index < -0.39 is 6.10 Å². The molecule has 2 heterocycles. The maximum absolute atomic E-state index is 11.8. The predicted molar refractivity (Wildman–Crippen MR) is 83.3 cm³/mol. The molecule has 1 aliphatic heterocycles. The highest BCUT2D eigenvalue weighted by molar-refractivity contribution is 7.10. The number of rotatable bonds is 6. The number of hydrogen-bond donors (Lipinski definition) is 2. The molecule has 1 aromatic heterocycles. The molecule has 0 radical (unpaired) electrons. The number of aliphatic hydroxyl groups excluding tert-OH is 1. The van der Waals surface area contributed by atoms with E-state index in [-0.39, 0.29) is 5.91 Å². The molecule has 2 N–H and O–H groups in total. The zero-order valence-corrected chi connectivity index (χ0v) is 13.0. The number of β-amino-alcohol motifs (C(OH)–C–C–N with tert-alkyl or cyclic N) is 1. The van der Waals surface area contributed by atoms with Gasteiger partial charge >= 0.3 is 0 Å². The van der Waals surface area contributed by atoms with Crippen LogP contribution in [-0.2, 0) is 4.79 Å². The number of nitrogens with zero attached hydrogens (tertiary/aromatic N) is 2. The number of carbonyl (C=O) groups excluding carboxylic acids is 1. The molecular formula is C15H23N3O2S. The Morgan fingerprint density at radius 2 is 2.05 bits per heavy atom. The summed E-state index contributed by atoms with van der Waals surface area (Å²) >= 11 is 1.60. The molecule has 1 atom stereocenters. The van der Waals surface area contributed by atoms with Crippen molar-refractivity contribution in [3.63, 3.8) is 0 Å². The molecule has 0 aromatic carbocycles. The number of amides is 1. The predicted octanol–water partition coefficient (Wildman–Crippen LogP) is 0.678. The second-order valence-corrected chi connectivity index (χ2v) is 6.93. The normalized spacial score (nSPS) is 22.1. The molecule has 1 aromatic rings. The van der Waals surface area contributed by atoms with Crippen molar-refractivity contribution in [2.24, 2.45) is 0 Å². The lowest BCUT2D eigenvalue weighted by atomic mass is 10.2. The van der Waals surface area contributed by atoms with Gasteiger partial charge in [-0.25, -0.2) is 0 Å². The average molecular weight is 309 g/mol. The molecule has 21 heavy (non-hydrogen) atoms. The summed E-state index contributed by atoms with van der Waals surface area (Å²) in [5.74, 6) is 0.157. The van der Waals surface area contributed by atoms with E-state index in [2.05, 4.69) is 15.1 Å². The van der Waals surface area contributed by atoms with Crippen LogP contribution in [0, 0.1) is 0 Å². The number of nitrogens with one attached hydrogen (secondary N) is 1. The number of thiophene rings is 1. The highest BCUT2D eigenvalue weighted by Gasteiger charge is 2.25. The van der Waals surface area contributed by atoms with E-state index in [0.29, 0.717) is 19.1 Å². The molecule has 0 unspecified atom stereocenters. The van der Waals surface area contributed by atoms with Gasteiger partial charge < -0.3 is 10.4 Å². The summed E-state index contributed by atoms with van der Waals surface area (Å²) in [7, 11) is 0. The summed E-state index contributed by atoms with van der Waals surface area (Å²) in [6.45, 7) is 4.82. The molecule has 1 aliphatic carbocycles. The first-order valence-corrected chi connectivity index (χ1v) is 8.54. The van der Waals surface area contributed by atoms with Gasteiger partial charge in [-0.05, 0) is 24.3 Å². The van der Waals surface area contributed by atoms with Gasteiger partial charge in [0.25, 0.3) is 0 Å². The van der Waals surface area contributed by atoms with Gasteiger partial charge in [-0.15, -0.1) is 11.3 Å². The third-order valence-electron chi connectivity index (χ3n) is 4.08. The van der Waals surface area contributed by atoms with Gasteiger partial charge in [-0.2, -0.15) is 0 Å². The smallest absolute Gasteiger partial charge is 0.234 e. The van der Waals surface area contributed by atoms with E-state index in [1.165, 1.54) is 0 Å². The Kier molecular flexibility index (Phi) is 4.90. The van der Waals surface area contributed by atoms with Crippen LogP contribution in [-0.4, -0.2) is 66.1 Å². The minimum atomic E-state index is -0.394. The zero-order valence-electron chi connectivity index (χ0n) is 12.2. The average Bonchev–Trinajstić information content (AvgIpc) is 3.10. The van der Waals surface area contributed by atoms with Crippen molar-refractivity contribution in [3.05, 3.63) is 22.4 Å². The largest absolute Gasteiger partial charge is 0.386 e. The van der Waals surface area contributed by atoms with Gasteiger partial charge in [0.1, 0.15) is 6.10 Å². The van der Waals surface area contributed by atoms with E-state index in [9.17, 15) is 9.90 Å². The van der Waals surface area contributed by atoms with E-state index in [4.69, 9.17) is 0 Å². The number of piperazine rings is 1. The van der Waals surface area contributed by atoms with Crippen LogP contribution in [0.2, 0.25) is 0 Å². The van der Waals surface area contributed by atoms with Crippen LogP contribution in [0.5, 0.6) is 0 Å². The number of carbonyl (C=O) groups is 1. The van der Waals surface area contributed by atoms with Crippen LogP contribution in [0.4, 0.5) is 0 Å². The van der Waals surface area contributed by atoms with Crippen LogP contribution < -0.4 is 5.32 Å². The lowest BCUT2D eigenvalue weighted by Crippen LogP contribution is -2.50. The van der Waals surface area contributed by atoms with Crippen molar-refractivity contribution in [2.75, 3.05) is 39.3 Å². The molecule has 3 rings (SSSR count). The third-order valence-corrected chi connectivity index (χ3v) is 5.05. The first-order valence-electron chi connectivity index (χ1n) is 7.66. The SMILES string of the molecule is O=C(CN1CCN(C[C@H](O)c2cccs2)CC1)NC1CC1. The topological polar surface area (TPSA) is 55.8 Å². The minimum Gasteiger partial charge on any atom is -0.386 e. The van der Waals surface area contributed by atoms with Crippen LogP contribution in [0.1, 0.15) is 23.8 Å². The van der Waals surface area contributed by atoms with Crippen molar-refractivity contribution in [1.82, 2.24) is 15.1 Å². The van der Waals surface area contributed by atoms with Crippen LogP contribution >= 0.6 is 11.3 Å². The number of aliphatic hydroxyl groups is 1. The van der Waals surface area contributed by atoms with Gasteiger partial charge in [0.05, 0.1) is 6.54 Å². The molecule has 116 valence electrons. The summed E-state index contributed by atoms with van der Waals surface area (Å²) in [6.07, 6.45) is 1.88. The van der Waals surface area contributed by atoms with Crippen LogP contribution in [0.3, 0.4) is 0 Å². The molecule has 1 saturated carbocycles. The Labute approximate surface area is 129 Å². The first kappa shape index (κ1) is 15.0. The summed E-state index contributed by atoms with van der Waals surface area (Å²) < 4.78 is 0. The molecule has 2 aliphatic rings. The Morgan fingerprint density at radius 3 is 2.67 bits per heavy atom. The molecule has 2 fully saturated rings. The third kappa shape index (κ3) is 4.51. The molecule has 1 amide bonds. The van der Waals surface area contributed by atoms with Gasteiger partial charge in [-0.3, -0.25) is 14.6 Å². The van der Waals surface area contributed by atoms with Crippen LogP contribution in [0.15, 0.2) is 17.5 Å². The molecule has 6 heteroatoms. The standard InChI is InChI=1S/C15H23N3O2S/c19-13(14-2-1-9-21-14)10-17-5-7-18(8-6-17)11-15(20)16-12-3-4-12/h1-2,9,12-13,19H,3-8,10-11H2,(H,16,20)/t13-/m0/s1. The molecular weight excluding hydrogens is 286 g/mol. The molecule has 1 saturated heterocycles. The van der Waals surface area contributed by atoms with E-state index >= 15 is 0 Å². The highest BCUT2D eigenvalue weighted by atomic mass is 32.1. The Hall–Kier alpha value is -0.950. The zero-order chi connectivity index (χ0) is 14.7. The molecule has 0 bridgehead atoms.